The fourth-order valence-corrected chi connectivity index (χ4v) is 8.74. The first-order valence-electron chi connectivity index (χ1n) is 15.6. The van der Waals surface area contributed by atoms with Gasteiger partial charge in [0, 0.05) is 26.9 Å². The summed E-state index contributed by atoms with van der Waals surface area (Å²) < 4.78 is 29.7. The van der Waals surface area contributed by atoms with E-state index in [0.29, 0.717) is 27.8 Å². The van der Waals surface area contributed by atoms with Gasteiger partial charge in [-0.3, -0.25) is 0 Å². The quantitative estimate of drug-likeness (QED) is 0.128. The van der Waals surface area contributed by atoms with Crippen LogP contribution in [0.15, 0.2) is 89.6 Å². The third-order valence-corrected chi connectivity index (χ3v) is 11.8. The van der Waals surface area contributed by atoms with Crippen LogP contribution in [0.4, 0.5) is 4.39 Å². The normalized spacial score (nSPS) is 12.3. The summed E-state index contributed by atoms with van der Waals surface area (Å²) in [6.45, 7) is 10.2. The number of rotatable bonds is 5. The van der Waals surface area contributed by atoms with E-state index in [2.05, 4.69) is 73.5 Å². The minimum absolute atomic E-state index is 0. The van der Waals surface area contributed by atoms with Gasteiger partial charge in [0.2, 0.25) is 0 Å². The minimum Gasteiger partial charge on any atom is -0.501 e. The SMILES string of the molecule is CC(C)(C)Cc1cc(-c2[c-]cccc2)nc[c]1[Ge]([CH3])([CH3])[CH3].[2H]C(C)(C)c1cc(-c2[c-]ccc3c2oc2ccccc23)ncc1F.[Ir]. The van der Waals surface area contributed by atoms with Crippen LogP contribution in [0, 0.1) is 23.4 Å². The molecular weight excluding hydrogens is 796 g/mol. The van der Waals surface area contributed by atoms with E-state index in [9.17, 15) is 4.39 Å². The Morgan fingerprint density at radius 3 is 2.27 bits per heavy atom. The van der Waals surface area contributed by atoms with E-state index in [-0.39, 0.29) is 20.1 Å². The maximum Gasteiger partial charge on any atom is 0.143 e. The monoisotopic (exact) mass is 840 g/mol. The Balaban J connectivity index is 0.000000207. The number of pyridine rings is 2. The van der Waals surface area contributed by atoms with E-state index in [4.69, 9.17) is 10.8 Å². The fraction of sp³-hybridized carbons (Fsp3) is 0.282. The van der Waals surface area contributed by atoms with Crippen molar-refractivity contribution in [3.8, 4) is 22.5 Å². The molecule has 6 aromatic rings. The number of hydrogen-bond acceptors (Lipinski definition) is 3. The number of para-hydroxylation sites is 1. The van der Waals surface area contributed by atoms with Crippen molar-refractivity contribution in [2.75, 3.05) is 0 Å². The van der Waals surface area contributed by atoms with E-state index in [1.807, 2.05) is 54.6 Å². The molecule has 235 valence electrons. The molecule has 0 N–H and O–H groups in total. The molecule has 6 heteroatoms. The number of nitrogens with zero attached hydrogens (tertiary/aromatic N) is 2. The second-order valence-corrected chi connectivity index (χ2v) is 24.3. The Labute approximate surface area is 284 Å². The Morgan fingerprint density at radius 1 is 0.889 bits per heavy atom. The van der Waals surface area contributed by atoms with Gasteiger partial charge in [0.25, 0.3) is 0 Å². The van der Waals surface area contributed by atoms with Crippen LogP contribution < -0.4 is 4.40 Å². The number of aromatic nitrogens is 2. The molecule has 6 rings (SSSR count). The zero-order chi connectivity index (χ0) is 32.6. The van der Waals surface area contributed by atoms with Gasteiger partial charge < -0.3 is 9.40 Å². The number of fused-ring (bicyclic) bond motifs is 3. The number of hydrogen-bond donors (Lipinski definition) is 0. The summed E-state index contributed by atoms with van der Waals surface area (Å²) in [6, 6.07) is 30.0. The van der Waals surface area contributed by atoms with Crippen LogP contribution >= 0.6 is 0 Å². The topological polar surface area (TPSA) is 38.9 Å². The maximum atomic E-state index is 14.0. The molecule has 0 saturated carbocycles. The molecule has 0 unspecified atom stereocenters. The van der Waals surface area contributed by atoms with E-state index < -0.39 is 25.0 Å². The molecule has 1 radical (unpaired) electrons. The second-order valence-electron chi connectivity index (χ2n) is 13.7. The van der Waals surface area contributed by atoms with Crippen LogP contribution in [0.3, 0.4) is 0 Å². The van der Waals surface area contributed by atoms with Gasteiger partial charge >= 0.3 is 132 Å². The van der Waals surface area contributed by atoms with Gasteiger partial charge in [-0.05, 0) is 23.2 Å². The first-order valence-corrected chi connectivity index (χ1v) is 22.4. The third-order valence-electron chi connectivity index (χ3n) is 7.49. The Bertz CT molecular complexity index is 1950. The van der Waals surface area contributed by atoms with Crippen LogP contribution in [-0.2, 0) is 26.5 Å². The van der Waals surface area contributed by atoms with E-state index >= 15 is 0 Å². The Kier molecular flexibility index (Phi) is 10.4. The summed E-state index contributed by atoms with van der Waals surface area (Å²) in [6.07, 6.45) is 4.40. The standard InChI is InChI=1S/C20H15FNO.C19H26GeN.Ir/c1-12(2)16-10-18(22-11-17(16)21)15-8-5-7-14-13-6-3-4-9-19(13)23-20(14)15;1-19(2,3)13-16-12-18(15-10-8-7-9-11-15)21-14-17(16)20(4,5)6;/h3-7,9-12H,1-2H3;7-10,12,14H,13H2,1-6H3;/q2*-1;/i12D;;. The van der Waals surface area contributed by atoms with Crippen LogP contribution in [0.2, 0.25) is 17.3 Å². The van der Waals surface area contributed by atoms with Crippen molar-refractivity contribution in [2.45, 2.75) is 64.2 Å². The molecule has 3 aromatic carbocycles. The fourth-order valence-electron chi connectivity index (χ4n) is 5.43. The van der Waals surface area contributed by atoms with Crippen molar-refractivity contribution < 1.29 is 30.3 Å². The van der Waals surface area contributed by atoms with Crippen molar-refractivity contribution in [1.29, 1.82) is 0 Å². The summed E-state index contributed by atoms with van der Waals surface area (Å²) >= 11 is -1.90. The third kappa shape index (κ3) is 8.19. The summed E-state index contributed by atoms with van der Waals surface area (Å²) in [5.74, 6) is 5.80. The largest absolute Gasteiger partial charge is 0.501 e. The molecule has 0 aliphatic rings. The van der Waals surface area contributed by atoms with Crippen molar-refractivity contribution >= 4 is 39.6 Å². The van der Waals surface area contributed by atoms with Gasteiger partial charge in [-0.1, -0.05) is 49.1 Å². The van der Waals surface area contributed by atoms with Crippen LogP contribution in [0.5, 0.6) is 0 Å². The second kappa shape index (κ2) is 14.1. The summed E-state index contributed by atoms with van der Waals surface area (Å²) in [5.41, 5.74) is 6.90. The van der Waals surface area contributed by atoms with E-state index in [1.165, 1.54) is 9.96 Å². The van der Waals surface area contributed by atoms with Gasteiger partial charge in [-0.15, -0.1) is 18.2 Å². The van der Waals surface area contributed by atoms with Crippen molar-refractivity contribution in [1.82, 2.24) is 9.97 Å². The number of benzene rings is 3. The summed E-state index contributed by atoms with van der Waals surface area (Å²) in [5, 5.41) is 1.99. The van der Waals surface area contributed by atoms with Gasteiger partial charge in [0.15, 0.2) is 0 Å². The molecule has 0 atom stereocenters. The molecule has 0 aliphatic carbocycles. The van der Waals surface area contributed by atoms with E-state index in [0.717, 1.165) is 40.2 Å². The molecule has 0 saturated heterocycles. The average molecular weight is 839 g/mol. The van der Waals surface area contributed by atoms with Crippen LogP contribution in [0.1, 0.15) is 53.0 Å². The smallest absolute Gasteiger partial charge is 0.143 e. The van der Waals surface area contributed by atoms with E-state index in [1.54, 1.807) is 19.9 Å². The minimum atomic E-state index is -1.90. The predicted octanol–water partition coefficient (Wildman–Crippen LogP) is 10.4. The molecule has 3 heterocycles. The maximum absolute atomic E-state index is 14.0. The molecule has 0 aliphatic heterocycles. The van der Waals surface area contributed by atoms with Crippen LogP contribution in [0.25, 0.3) is 44.5 Å². The zero-order valence-corrected chi connectivity index (χ0v) is 31.8. The first-order chi connectivity index (χ1) is 21.1. The van der Waals surface area contributed by atoms with Gasteiger partial charge in [-0.25, -0.2) is 4.39 Å². The number of halogens is 1. The van der Waals surface area contributed by atoms with Crippen molar-refractivity contribution in [3.63, 3.8) is 0 Å². The Morgan fingerprint density at radius 2 is 1.60 bits per heavy atom. The van der Waals surface area contributed by atoms with Gasteiger partial charge in [-0.2, -0.15) is 0 Å². The van der Waals surface area contributed by atoms with Crippen LogP contribution in [-0.4, -0.2) is 23.2 Å². The molecule has 45 heavy (non-hydrogen) atoms. The molecular formula is C39H41FGeIrN2O-2. The Hall–Kier alpha value is -3.12. The van der Waals surface area contributed by atoms with Crippen molar-refractivity contribution in [2.24, 2.45) is 5.41 Å². The summed E-state index contributed by atoms with van der Waals surface area (Å²) in [4.78, 5) is 8.92. The van der Waals surface area contributed by atoms with Crippen molar-refractivity contribution in [3.05, 3.63) is 114 Å². The molecule has 3 nitrogen and oxygen atoms in total. The average Bonchev–Trinajstić information content (AvgIpc) is 3.35. The zero-order valence-electron chi connectivity index (χ0n) is 28.3. The predicted molar refractivity (Wildman–Crippen MR) is 184 cm³/mol. The molecule has 0 fully saturated rings. The molecule has 0 spiro atoms. The molecule has 0 amide bonds. The first kappa shape index (κ1) is 33.3. The van der Waals surface area contributed by atoms with Gasteiger partial charge in [0.05, 0.1) is 11.8 Å². The molecule has 0 bridgehead atoms. The summed E-state index contributed by atoms with van der Waals surface area (Å²) in [7, 11) is 0. The number of furan rings is 1. The molecule has 3 aromatic heterocycles. The van der Waals surface area contributed by atoms with Gasteiger partial charge in [0.1, 0.15) is 11.4 Å².